The molecule has 0 aliphatic heterocycles. The topological polar surface area (TPSA) is 37.3 Å². The zero-order valence-corrected chi connectivity index (χ0v) is 18.0. The average molecular weight is 381 g/mol. The fourth-order valence-corrected chi connectivity index (χ4v) is 4.30. The number of phenols is 1. The Kier molecular flexibility index (Phi) is 4.72. The number of rotatable bonds is 2. The van der Waals surface area contributed by atoms with Crippen molar-refractivity contribution in [3.63, 3.8) is 0 Å². The molecule has 0 unspecified atom stereocenters. The standard InChI is InChI=1S/C24H28O2S/c1-14(25)21-13-17-16(9-8-10-20(17)27-21)18-11-15(23(2,3)4)12-19(22(18)26)24(5,6)7/h8-13,26H,1-7H3. The predicted octanol–water partition coefficient (Wildman–Crippen LogP) is 7.07. The van der Waals surface area contributed by atoms with Gasteiger partial charge in [0.25, 0.3) is 0 Å². The van der Waals surface area contributed by atoms with Gasteiger partial charge in [-0.15, -0.1) is 11.3 Å². The molecule has 142 valence electrons. The highest BCUT2D eigenvalue weighted by molar-refractivity contribution is 7.20. The van der Waals surface area contributed by atoms with Gasteiger partial charge in [0.2, 0.25) is 0 Å². The first-order valence-electron chi connectivity index (χ1n) is 9.31. The molecule has 0 bridgehead atoms. The molecule has 3 aromatic rings. The lowest BCUT2D eigenvalue weighted by Gasteiger charge is -2.27. The van der Waals surface area contributed by atoms with E-state index in [0.29, 0.717) is 5.75 Å². The van der Waals surface area contributed by atoms with Gasteiger partial charge in [-0.05, 0) is 47.1 Å². The maximum atomic E-state index is 11.9. The Morgan fingerprint density at radius 2 is 1.59 bits per heavy atom. The summed E-state index contributed by atoms with van der Waals surface area (Å²) >= 11 is 1.51. The number of hydrogen-bond acceptors (Lipinski definition) is 3. The van der Waals surface area contributed by atoms with E-state index in [1.165, 1.54) is 16.9 Å². The van der Waals surface area contributed by atoms with Gasteiger partial charge in [0, 0.05) is 21.2 Å². The first-order chi connectivity index (χ1) is 12.4. The van der Waals surface area contributed by atoms with Crippen molar-refractivity contribution < 1.29 is 9.90 Å². The third-order valence-corrected chi connectivity index (χ3v) is 6.18. The minimum Gasteiger partial charge on any atom is -0.507 e. The number of fused-ring (bicyclic) bond motifs is 1. The van der Waals surface area contributed by atoms with Gasteiger partial charge in [-0.25, -0.2) is 0 Å². The van der Waals surface area contributed by atoms with Crippen LogP contribution in [0.3, 0.4) is 0 Å². The summed E-state index contributed by atoms with van der Waals surface area (Å²) in [6, 6.07) is 12.3. The smallest absolute Gasteiger partial charge is 0.169 e. The lowest BCUT2D eigenvalue weighted by Crippen LogP contribution is -2.17. The third-order valence-electron chi connectivity index (χ3n) is 4.98. The Balaban J connectivity index is 2.37. The molecule has 0 saturated carbocycles. The van der Waals surface area contributed by atoms with Crippen molar-refractivity contribution >= 4 is 27.2 Å². The van der Waals surface area contributed by atoms with Gasteiger partial charge in [0.1, 0.15) is 5.75 Å². The predicted molar refractivity (Wildman–Crippen MR) is 116 cm³/mol. The van der Waals surface area contributed by atoms with Crippen LogP contribution in [0.2, 0.25) is 0 Å². The summed E-state index contributed by atoms with van der Waals surface area (Å²) in [7, 11) is 0. The van der Waals surface area contributed by atoms with Crippen LogP contribution >= 0.6 is 11.3 Å². The van der Waals surface area contributed by atoms with Crippen LogP contribution in [0.25, 0.3) is 21.2 Å². The zero-order chi connectivity index (χ0) is 20.1. The van der Waals surface area contributed by atoms with Crippen molar-refractivity contribution in [2.24, 2.45) is 0 Å². The van der Waals surface area contributed by atoms with Crippen LogP contribution in [0.5, 0.6) is 5.75 Å². The highest BCUT2D eigenvalue weighted by Gasteiger charge is 2.26. The van der Waals surface area contributed by atoms with Gasteiger partial charge >= 0.3 is 0 Å². The molecular weight excluding hydrogens is 352 g/mol. The van der Waals surface area contributed by atoms with Gasteiger partial charge in [-0.3, -0.25) is 4.79 Å². The molecule has 0 radical (unpaired) electrons. The van der Waals surface area contributed by atoms with Gasteiger partial charge in [0.15, 0.2) is 5.78 Å². The molecule has 1 heterocycles. The molecule has 1 aromatic heterocycles. The Labute approximate surface area is 165 Å². The Bertz CT molecular complexity index is 1030. The summed E-state index contributed by atoms with van der Waals surface area (Å²) in [5.74, 6) is 0.406. The molecule has 27 heavy (non-hydrogen) atoms. The van der Waals surface area contributed by atoms with Crippen LogP contribution < -0.4 is 0 Å². The van der Waals surface area contributed by atoms with Crippen molar-refractivity contribution in [1.29, 1.82) is 0 Å². The minimum absolute atomic E-state index is 0.0322. The highest BCUT2D eigenvalue weighted by atomic mass is 32.1. The highest BCUT2D eigenvalue weighted by Crippen LogP contribution is 2.44. The van der Waals surface area contributed by atoms with E-state index < -0.39 is 0 Å². The molecule has 0 aliphatic carbocycles. The van der Waals surface area contributed by atoms with E-state index in [2.05, 4.69) is 53.7 Å². The van der Waals surface area contributed by atoms with Crippen LogP contribution in [0.1, 0.15) is 69.3 Å². The van der Waals surface area contributed by atoms with Gasteiger partial charge < -0.3 is 5.11 Å². The Hall–Kier alpha value is -2.13. The molecule has 0 atom stereocenters. The fourth-order valence-electron chi connectivity index (χ4n) is 3.31. The first kappa shape index (κ1) is 19.6. The molecule has 2 aromatic carbocycles. The molecule has 0 spiro atoms. The summed E-state index contributed by atoms with van der Waals surface area (Å²) < 4.78 is 1.07. The van der Waals surface area contributed by atoms with Crippen molar-refractivity contribution in [2.45, 2.75) is 59.3 Å². The summed E-state index contributed by atoms with van der Waals surface area (Å²) in [5.41, 5.74) is 3.75. The second-order valence-corrected chi connectivity index (χ2v) is 10.4. The van der Waals surface area contributed by atoms with E-state index in [4.69, 9.17) is 0 Å². The van der Waals surface area contributed by atoms with E-state index in [0.717, 1.165) is 31.7 Å². The number of Topliss-reactive ketones (excluding diaryl/α,β-unsaturated/α-hetero) is 1. The van der Waals surface area contributed by atoms with Crippen LogP contribution in [-0.4, -0.2) is 10.9 Å². The molecule has 0 fully saturated rings. The van der Waals surface area contributed by atoms with Crippen LogP contribution in [0.4, 0.5) is 0 Å². The van der Waals surface area contributed by atoms with Crippen molar-refractivity contribution in [2.75, 3.05) is 0 Å². The van der Waals surface area contributed by atoms with Gasteiger partial charge in [0.05, 0.1) is 4.88 Å². The van der Waals surface area contributed by atoms with Crippen LogP contribution in [-0.2, 0) is 10.8 Å². The van der Waals surface area contributed by atoms with Crippen LogP contribution in [0, 0.1) is 0 Å². The second-order valence-electron chi connectivity index (χ2n) is 9.30. The van der Waals surface area contributed by atoms with Gasteiger partial charge in [-0.2, -0.15) is 0 Å². The van der Waals surface area contributed by atoms with Crippen molar-refractivity contribution in [1.82, 2.24) is 0 Å². The van der Waals surface area contributed by atoms with Crippen molar-refractivity contribution in [3.05, 3.63) is 52.4 Å². The van der Waals surface area contributed by atoms with E-state index >= 15 is 0 Å². The number of ketones is 1. The summed E-state index contributed by atoms with van der Waals surface area (Å²) in [5, 5.41) is 12.2. The molecule has 1 N–H and O–H groups in total. The largest absolute Gasteiger partial charge is 0.507 e. The number of thiophene rings is 1. The summed E-state index contributed by atoms with van der Waals surface area (Å²) in [6.45, 7) is 14.5. The lowest BCUT2D eigenvalue weighted by atomic mass is 9.78. The molecule has 3 rings (SSSR count). The van der Waals surface area contributed by atoms with E-state index in [-0.39, 0.29) is 16.6 Å². The quantitative estimate of drug-likeness (QED) is 0.483. The molecule has 2 nitrogen and oxygen atoms in total. The number of carbonyl (C=O) groups is 1. The van der Waals surface area contributed by atoms with E-state index in [9.17, 15) is 9.90 Å². The minimum atomic E-state index is -0.173. The Morgan fingerprint density at radius 1 is 0.926 bits per heavy atom. The zero-order valence-electron chi connectivity index (χ0n) is 17.2. The monoisotopic (exact) mass is 380 g/mol. The number of phenolic OH excluding ortho intramolecular Hbond substituents is 1. The van der Waals surface area contributed by atoms with Crippen molar-refractivity contribution in [3.8, 4) is 16.9 Å². The number of hydrogen-bond donors (Lipinski definition) is 1. The Morgan fingerprint density at radius 3 is 2.15 bits per heavy atom. The number of carbonyl (C=O) groups excluding carboxylic acids is 1. The van der Waals surface area contributed by atoms with E-state index in [1.807, 2.05) is 24.3 Å². The summed E-state index contributed by atoms with van der Waals surface area (Å²) in [4.78, 5) is 12.6. The number of aromatic hydroxyl groups is 1. The molecular formula is C24H28O2S. The maximum absolute atomic E-state index is 11.9. The molecule has 0 amide bonds. The first-order valence-corrected chi connectivity index (χ1v) is 10.1. The lowest BCUT2D eigenvalue weighted by molar-refractivity contribution is 0.102. The normalized spacial score (nSPS) is 12.6. The second kappa shape index (κ2) is 6.49. The van der Waals surface area contributed by atoms with Crippen LogP contribution in [0.15, 0.2) is 36.4 Å². The molecule has 0 aliphatic rings. The van der Waals surface area contributed by atoms with E-state index in [1.54, 1.807) is 6.92 Å². The molecule has 0 saturated heterocycles. The maximum Gasteiger partial charge on any atom is 0.169 e. The number of benzene rings is 2. The fraction of sp³-hybridized carbons (Fsp3) is 0.375. The average Bonchev–Trinajstić information content (AvgIpc) is 2.97. The SMILES string of the molecule is CC(=O)c1cc2c(-c3cc(C(C)(C)C)cc(C(C)(C)C)c3O)cccc2s1. The summed E-state index contributed by atoms with van der Waals surface area (Å²) in [6.07, 6.45) is 0. The third kappa shape index (κ3) is 3.66. The molecule has 3 heteroatoms. The van der Waals surface area contributed by atoms with Gasteiger partial charge in [-0.1, -0.05) is 59.7 Å².